The van der Waals surface area contributed by atoms with Crippen LogP contribution in [0.1, 0.15) is 37.7 Å². The van der Waals surface area contributed by atoms with Crippen LogP contribution in [0, 0.1) is 11.7 Å². The Morgan fingerprint density at radius 2 is 2.18 bits per heavy atom. The molecule has 17 heavy (non-hydrogen) atoms. The Balaban J connectivity index is 2.11. The van der Waals surface area contributed by atoms with Crippen LogP contribution >= 0.6 is 15.9 Å². The minimum atomic E-state index is -0.170. The molecule has 2 atom stereocenters. The molecule has 1 aliphatic carbocycles. The van der Waals surface area contributed by atoms with Crippen molar-refractivity contribution < 1.29 is 4.39 Å². The molecule has 1 N–H and O–H groups in total. The van der Waals surface area contributed by atoms with Gasteiger partial charge in [-0.05, 0) is 58.3 Å². The average Bonchev–Trinajstić information content (AvgIpc) is 2.83. The fraction of sp³-hybridized carbons (Fsp3) is 0.429. The van der Waals surface area contributed by atoms with E-state index in [1.165, 1.54) is 30.9 Å². The first kappa shape index (κ1) is 11.3. The highest BCUT2D eigenvalue weighted by Crippen LogP contribution is 2.41. The highest BCUT2D eigenvalue weighted by atomic mass is 79.9. The Bertz CT molecular complexity index is 561. The van der Waals surface area contributed by atoms with Crippen LogP contribution in [-0.4, -0.2) is 4.98 Å². The molecule has 1 nitrogen and oxygen atoms in total. The quantitative estimate of drug-likeness (QED) is 0.764. The first-order valence-electron chi connectivity index (χ1n) is 6.11. The number of hydrogen-bond acceptors (Lipinski definition) is 0. The van der Waals surface area contributed by atoms with Gasteiger partial charge in [-0.2, -0.15) is 0 Å². The Labute approximate surface area is 109 Å². The first-order chi connectivity index (χ1) is 8.15. The lowest BCUT2D eigenvalue weighted by Crippen LogP contribution is -1.92. The third-order valence-electron chi connectivity index (χ3n) is 3.87. The fourth-order valence-electron chi connectivity index (χ4n) is 3.00. The van der Waals surface area contributed by atoms with E-state index < -0.39 is 0 Å². The summed E-state index contributed by atoms with van der Waals surface area (Å²) in [5, 5.41) is 1.04. The standard InChI is InChI=1S/C14H15BrFN/c1-8-2-3-9(4-8)12-7-17-14-11(12)5-10(16)6-13(14)15/h5-9,17H,2-4H2,1H3. The summed E-state index contributed by atoms with van der Waals surface area (Å²) in [5.74, 6) is 1.21. The second-order valence-electron chi connectivity index (χ2n) is 5.17. The number of hydrogen-bond donors (Lipinski definition) is 1. The van der Waals surface area contributed by atoms with Gasteiger partial charge in [0.25, 0.3) is 0 Å². The van der Waals surface area contributed by atoms with Gasteiger partial charge in [-0.25, -0.2) is 4.39 Å². The van der Waals surface area contributed by atoms with Crippen LogP contribution < -0.4 is 0 Å². The van der Waals surface area contributed by atoms with Crippen molar-refractivity contribution in [2.24, 2.45) is 5.92 Å². The molecule has 0 amide bonds. The molecule has 1 fully saturated rings. The van der Waals surface area contributed by atoms with E-state index in [1.54, 1.807) is 6.07 Å². The molecule has 1 aromatic carbocycles. The fourth-order valence-corrected chi connectivity index (χ4v) is 3.55. The molecule has 2 aromatic rings. The van der Waals surface area contributed by atoms with Gasteiger partial charge < -0.3 is 4.98 Å². The minimum absolute atomic E-state index is 0.170. The minimum Gasteiger partial charge on any atom is -0.360 e. The van der Waals surface area contributed by atoms with Gasteiger partial charge in [0.1, 0.15) is 5.82 Å². The largest absolute Gasteiger partial charge is 0.360 e. The number of nitrogens with one attached hydrogen (secondary N) is 1. The van der Waals surface area contributed by atoms with E-state index in [2.05, 4.69) is 34.0 Å². The van der Waals surface area contributed by atoms with Crippen LogP contribution in [0.2, 0.25) is 0 Å². The van der Waals surface area contributed by atoms with E-state index in [0.717, 1.165) is 21.3 Å². The van der Waals surface area contributed by atoms with Crippen molar-refractivity contribution in [1.82, 2.24) is 4.98 Å². The molecular formula is C14H15BrFN. The van der Waals surface area contributed by atoms with Gasteiger partial charge in [0.05, 0.1) is 5.52 Å². The first-order valence-corrected chi connectivity index (χ1v) is 6.90. The van der Waals surface area contributed by atoms with Gasteiger partial charge in [-0.15, -0.1) is 0 Å². The smallest absolute Gasteiger partial charge is 0.125 e. The second kappa shape index (κ2) is 4.13. The normalized spacial score (nSPS) is 24.6. The lowest BCUT2D eigenvalue weighted by atomic mass is 9.96. The summed E-state index contributed by atoms with van der Waals surface area (Å²) in [5.41, 5.74) is 2.30. The van der Waals surface area contributed by atoms with Crippen molar-refractivity contribution in [2.45, 2.75) is 32.1 Å². The molecule has 0 spiro atoms. The van der Waals surface area contributed by atoms with Crippen LogP contribution in [0.3, 0.4) is 0 Å². The highest BCUT2D eigenvalue weighted by Gasteiger charge is 2.25. The van der Waals surface area contributed by atoms with Crippen molar-refractivity contribution in [3.8, 4) is 0 Å². The van der Waals surface area contributed by atoms with Crippen molar-refractivity contribution in [3.05, 3.63) is 34.2 Å². The molecule has 0 aliphatic heterocycles. The van der Waals surface area contributed by atoms with Gasteiger partial charge in [0, 0.05) is 16.1 Å². The van der Waals surface area contributed by atoms with Gasteiger partial charge in [-0.3, -0.25) is 0 Å². The average molecular weight is 296 g/mol. The number of rotatable bonds is 1. The molecule has 3 rings (SSSR count). The summed E-state index contributed by atoms with van der Waals surface area (Å²) in [6, 6.07) is 3.16. The molecule has 1 aromatic heterocycles. The third-order valence-corrected chi connectivity index (χ3v) is 4.50. The zero-order valence-corrected chi connectivity index (χ0v) is 11.3. The number of halogens is 2. The number of aromatic amines is 1. The summed E-state index contributed by atoms with van der Waals surface area (Å²) in [6.07, 6.45) is 5.79. The van der Waals surface area contributed by atoms with Crippen molar-refractivity contribution in [1.29, 1.82) is 0 Å². The number of fused-ring (bicyclic) bond motifs is 1. The molecule has 3 heteroatoms. The van der Waals surface area contributed by atoms with E-state index in [-0.39, 0.29) is 5.82 Å². The maximum absolute atomic E-state index is 13.5. The van der Waals surface area contributed by atoms with Crippen LogP contribution in [0.15, 0.2) is 22.8 Å². The SMILES string of the molecule is CC1CCC(c2c[nH]c3c(Br)cc(F)cc23)C1. The topological polar surface area (TPSA) is 15.8 Å². The van der Waals surface area contributed by atoms with E-state index in [9.17, 15) is 4.39 Å². The van der Waals surface area contributed by atoms with Crippen LogP contribution in [0.4, 0.5) is 4.39 Å². The summed E-state index contributed by atoms with van der Waals surface area (Å²) in [7, 11) is 0. The third kappa shape index (κ3) is 1.90. The van der Waals surface area contributed by atoms with E-state index >= 15 is 0 Å². The summed E-state index contributed by atoms with van der Waals surface area (Å²) in [4.78, 5) is 3.26. The highest BCUT2D eigenvalue weighted by molar-refractivity contribution is 9.10. The van der Waals surface area contributed by atoms with Crippen LogP contribution in [0.25, 0.3) is 10.9 Å². The summed E-state index contributed by atoms with van der Waals surface area (Å²) >= 11 is 3.41. The summed E-state index contributed by atoms with van der Waals surface area (Å²) in [6.45, 7) is 2.30. The Hall–Kier alpha value is -0.830. The number of aromatic nitrogens is 1. The molecule has 1 saturated carbocycles. The van der Waals surface area contributed by atoms with E-state index in [4.69, 9.17) is 0 Å². The lowest BCUT2D eigenvalue weighted by molar-refractivity contribution is 0.597. The van der Waals surface area contributed by atoms with Crippen LogP contribution in [0.5, 0.6) is 0 Å². The van der Waals surface area contributed by atoms with Crippen molar-refractivity contribution >= 4 is 26.8 Å². The molecule has 1 heterocycles. The van der Waals surface area contributed by atoms with Gasteiger partial charge in [0.2, 0.25) is 0 Å². The molecule has 0 bridgehead atoms. The van der Waals surface area contributed by atoms with Crippen LogP contribution in [-0.2, 0) is 0 Å². The second-order valence-corrected chi connectivity index (χ2v) is 6.02. The Morgan fingerprint density at radius 3 is 2.88 bits per heavy atom. The number of benzene rings is 1. The van der Waals surface area contributed by atoms with E-state index in [1.807, 2.05) is 0 Å². The predicted octanol–water partition coefficient (Wildman–Crippen LogP) is 4.97. The maximum Gasteiger partial charge on any atom is 0.125 e. The van der Waals surface area contributed by atoms with Gasteiger partial charge >= 0.3 is 0 Å². The molecule has 0 saturated heterocycles. The predicted molar refractivity (Wildman–Crippen MR) is 71.7 cm³/mol. The lowest BCUT2D eigenvalue weighted by Gasteiger charge is -2.08. The summed E-state index contributed by atoms with van der Waals surface area (Å²) < 4.78 is 14.3. The zero-order valence-electron chi connectivity index (χ0n) is 9.76. The van der Waals surface area contributed by atoms with Crippen molar-refractivity contribution in [3.63, 3.8) is 0 Å². The number of H-pyrrole nitrogens is 1. The maximum atomic E-state index is 13.5. The van der Waals surface area contributed by atoms with Crippen molar-refractivity contribution in [2.75, 3.05) is 0 Å². The molecule has 2 unspecified atom stereocenters. The molecule has 0 radical (unpaired) electrons. The van der Waals surface area contributed by atoms with Gasteiger partial charge in [0.15, 0.2) is 0 Å². The Kier molecular flexibility index (Phi) is 2.74. The molecule has 1 aliphatic rings. The monoisotopic (exact) mass is 295 g/mol. The zero-order chi connectivity index (χ0) is 12.0. The van der Waals surface area contributed by atoms with E-state index in [0.29, 0.717) is 5.92 Å². The molecular weight excluding hydrogens is 281 g/mol. The Morgan fingerprint density at radius 1 is 1.35 bits per heavy atom. The molecule has 90 valence electrons. The van der Waals surface area contributed by atoms with Gasteiger partial charge in [-0.1, -0.05) is 13.3 Å².